The van der Waals surface area contributed by atoms with Crippen LogP contribution in [0.15, 0.2) is 12.3 Å². The predicted molar refractivity (Wildman–Crippen MR) is 39.3 cm³/mol. The first-order valence-corrected chi connectivity index (χ1v) is 3.98. The van der Waals surface area contributed by atoms with Gasteiger partial charge in [-0.15, -0.1) is 0 Å². The van der Waals surface area contributed by atoms with E-state index in [4.69, 9.17) is 0 Å². The number of ether oxygens (including phenoxy) is 1. The number of hydrogen-bond acceptors (Lipinski definition) is 3. The van der Waals surface area contributed by atoms with Gasteiger partial charge in [0.15, 0.2) is 0 Å². The van der Waals surface area contributed by atoms with Crippen LogP contribution in [0.25, 0.3) is 0 Å². The lowest BCUT2D eigenvalue weighted by Crippen LogP contribution is -1.89. The average molecular weight is 146 g/mol. The summed E-state index contributed by atoms with van der Waals surface area (Å²) in [5, 5.41) is 0. The third-order valence-electron chi connectivity index (χ3n) is 0.593. The van der Waals surface area contributed by atoms with Gasteiger partial charge in [-0.25, -0.2) is 0 Å². The van der Waals surface area contributed by atoms with Crippen LogP contribution in [0, 0.1) is 0 Å². The Morgan fingerprint density at radius 3 is 2.89 bits per heavy atom. The molecule has 0 aromatic carbocycles. The fourth-order valence-corrected chi connectivity index (χ4v) is 0.550. The molecule has 52 valence electrons. The SMILES string of the molecule is CSCC=COC(C)=O. The number of esters is 1. The van der Waals surface area contributed by atoms with Gasteiger partial charge in [-0.2, -0.15) is 11.8 Å². The van der Waals surface area contributed by atoms with Gasteiger partial charge in [0, 0.05) is 12.7 Å². The van der Waals surface area contributed by atoms with Crippen molar-refractivity contribution >= 4 is 17.7 Å². The van der Waals surface area contributed by atoms with Crippen molar-refractivity contribution in [1.29, 1.82) is 0 Å². The molecule has 0 aliphatic heterocycles. The number of carbonyl (C=O) groups is 1. The molecule has 0 aromatic rings. The topological polar surface area (TPSA) is 26.3 Å². The molecule has 0 atom stereocenters. The van der Waals surface area contributed by atoms with Gasteiger partial charge < -0.3 is 4.74 Å². The minimum Gasteiger partial charge on any atom is -0.435 e. The molecule has 0 amide bonds. The molecular weight excluding hydrogens is 136 g/mol. The normalized spacial score (nSPS) is 10.0. The van der Waals surface area contributed by atoms with Crippen molar-refractivity contribution in [2.75, 3.05) is 12.0 Å². The summed E-state index contributed by atoms with van der Waals surface area (Å²) in [7, 11) is 0. The lowest BCUT2D eigenvalue weighted by atomic mass is 10.7. The van der Waals surface area contributed by atoms with Crippen LogP contribution in [0.2, 0.25) is 0 Å². The van der Waals surface area contributed by atoms with Crippen molar-refractivity contribution in [2.24, 2.45) is 0 Å². The number of hydrogen-bond donors (Lipinski definition) is 0. The van der Waals surface area contributed by atoms with Gasteiger partial charge in [-0.3, -0.25) is 4.79 Å². The zero-order valence-electron chi connectivity index (χ0n) is 5.59. The van der Waals surface area contributed by atoms with E-state index >= 15 is 0 Å². The lowest BCUT2D eigenvalue weighted by Gasteiger charge is -1.88. The van der Waals surface area contributed by atoms with E-state index in [9.17, 15) is 4.79 Å². The maximum Gasteiger partial charge on any atom is 0.307 e. The highest BCUT2D eigenvalue weighted by Gasteiger charge is 1.82. The molecule has 0 N–H and O–H groups in total. The van der Waals surface area contributed by atoms with Crippen LogP contribution in [0.4, 0.5) is 0 Å². The summed E-state index contributed by atoms with van der Waals surface area (Å²) >= 11 is 1.68. The standard InChI is InChI=1S/C6H10O2S/c1-6(7)8-4-3-5-9-2/h3-4H,5H2,1-2H3. The summed E-state index contributed by atoms with van der Waals surface area (Å²) in [6.45, 7) is 1.38. The first-order chi connectivity index (χ1) is 4.27. The van der Waals surface area contributed by atoms with Crippen LogP contribution in [0.3, 0.4) is 0 Å². The van der Waals surface area contributed by atoms with E-state index in [1.807, 2.05) is 6.26 Å². The summed E-state index contributed by atoms with van der Waals surface area (Å²) in [4.78, 5) is 10.1. The molecule has 0 aromatic heterocycles. The van der Waals surface area contributed by atoms with Crippen LogP contribution in [0.1, 0.15) is 6.92 Å². The summed E-state index contributed by atoms with van der Waals surface area (Å²) < 4.78 is 4.51. The second-order valence-electron chi connectivity index (χ2n) is 1.44. The Morgan fingerprint density at radius 2 is 2.44 bits per heavy atom. The van der Waals surface area contributed by atoms with Crippen molar-refractivity contribution in [2.45, 2.75) is 6.92 Å². The highest BCUT2D eigenvalue weighted by Crippen LogP contribution is 1.91. The highest BCUT2D eigenvalue weighted by molar-refractivity contribution is 7.98. The number of carbonyl (C=O) groups excluding carboxylic acids is 1. The largest absolute Gasteiger partial charge is 0.435 e. The van der Waals surface area contributed by atoms with Crippen molar-refractivity contribution in [3.63, 3.8) is 0 Å². The molecule has 0 fully saturated rings. The van der Waals surface area contributed by atoms with Crippen LogP contribution in [-0.2, 0) is 9.53 Å². The summed E-state index contributed by atoms with van der Waals surface area (Å²) in [6.07, 6.45) is 5.20. The maximum absolute atomic E-state index is 10.1. The molecular formula is C6H10O2S. The first kappa shape index (κ1) is 8.56. The molecule has 0 saturated heterocycles. The smallest absolute Gasteiger partial charge is 0.307 e. The Morgan fingerprint density at radius 1 is 1.78 bits per heavy atom. The summed E-state index contributed by atoms with van der Waals surface area (Å²) in [5.74, 6) is 0.611. The van der Waals surface area contributed by atoms with E-state index in [0.717, 1.165) is 5.75 Å². The molecule has 9 heavy (non-hydrogen) atoms. The van der Waals surface area contributed by atoms with E-state index in [-0.39, 0.29) is 5.97 Å². The monoisotopic (exact) mass is 146 g/mol. The van der Waals surface area contributed by atoms with Gasteiger partial charge in [0.2, 0.25) is 0 Å². The minimum atomic E-state index is -0.271. The van der Waals surface area contributed by atoms with Gasteiger partial charge in [0.25, 0.3) is 0 Å². The Hall–Kier alpha value is -0.440. The average Bonchev–Trinajstić information content (AvgIpc) is 1.80. The second-order valence-corrected chi connectivity index (χ2v) is 2.35. The van der Waals surface area contributed by atoms with Gasteiger partial charge in [-0.1, -0.05) is 0 Å². The molecule has 0 heterocycles. The molecule has 0 bridgehead atoms. The van der Waals surface area contributed by atoms with Crippen molar-refractivity contribution in [3.05, 3.63) is 12.3 Å². The Kier molecular flexibility index (Phi) is 5.41. The number of rotatable bonds is 3. The molecule has 2 nitrogen and oxygen atoms in total. The molecule has 3 heteroatoms. The fraction of sp³-hybridized carbons (Fsp3) is 0.500. The highest BCUT2D eigenvalue weighted by atomic mass is 32.2. The zero-order valence-corrected chi connectivity index (χ0v) is 6.40. The summed E-state index contributed by atoms with van der Waals surface area (Å²) in [5.41, 5.74) is 0. The van der Waals surface area contributed by atoms with Gasteiger partial charge in [-0.05, 0) is 12.3 Å². The lowest BCUT2D eigenvalue weighted by molar-refractivity contribution is -0.135. The maximum atomic E-state index is 10.1. The van der Waals surface area contributed by atoms with Gasteiger partial charge in [0.1, 0.15) is 0 Å². The van der Waals surface area contributed by atoms with E-state index in [2.05, 4.69) is 4.74 Å². The molecule has 0 saturated carbocycles. The quantitative estimate of drug-likeness (QED) is 0.445. The van der Waals surface area contributed by atoms with Crippen molar-refractivity contribution in [3.8, 4) is 0 Å². The third kappa shape index (κ3) is 7.56. The van der Waals surface area contributed by atoms with E-state index in [0.29, 0.717) is 0 Å². The molecule has 0 rings (SSSR count). The Balaban J connectivity index is 3.14. The van der Waals surface area contributed by atoms with E-state index in [1.54, 1.807) is 17.8 Å². The first-order valence-electron chi connectivity index (χ1n) is 2.58. The van der Waals surface area contributed by atoms with Crippen LogP contribution < -0.4 is 0 Å². The second kappa shape index (κ2) is 5.69. The van der Waals surface area contributed by atoms with Crippen LogP contribution >= 0.6 is 11.8 Å². The molecule has 0 radical (unpaired) electrons. The van der Waals surface area contributed by atoms with Crippen LogP contribution in [-0.4, -0.2) is 18.0 Å². The molecule has 0 unspecified atom stereocenters. The van der Waals surface area contributed by atoms with Gasteiger partial charge >= 0.3 is 5.97 Å². The molecule has 0 aliphatic carbocycles. The van der Waals surface area contributed by atoms with Crippen LogP contribution in [0.5, 0.6) is 0 Å². The molecule has 0 spiro atoms. The fourth-order valence-electron chi connectivity index (χ4n) is 0.279. The van der Waals surface area contributed by atoms with Crippen molar-refractivity contribution < 1.29 is 9.53 Å². The third-order valence-corrected chi connectivity index (χ3v) is 1.12. The Labute approximate surface area is 59.3 Å². The minimum absolute atomic E-state index is 0.271. The molecule has 0 aliphatic rings. The van der Waals surface area contributed by atoms with E-state index in [1.165, 1.54) is 13.2 Å². The Bertz CT molecular complexity index is 110. The zero-order chi connectivity index (χ0) is 7.11. The van der Waals surface area contributed by atoms with Gasteiger partial charge in [0.05, 0.1) is 6.26 Å². The summed E-state index contributed by atoms with van der Waals surface area (Å²) in [6, 6.07) is 0. The van der Waals surface area contributed by atoms with Crippen molar-refractivity contribution in [1.82, 2.24) is 0 Å². The van der Waals surface area contributed by atoms with E-state index < -0.39 is 0 Å². The predicted octanol–water partition coefficient (Wildman–Crippen LogP) is 1.43. The number of thioether (sulfide) groups is 1.